The molecule has 124 valence electrons. The lowest BCUT2D eigenvalue weighted by Gasteiger charge is -1.99. The zero-order valence-electron chi connectivity index (χ0n) is 12.9. The summed E-state index contributed by atoms with van der Waals surface area (Å²) in [5, 5.41) is 0. The molecule has 0 unspecified atom stereocenters. The van der Waals surface area contributed by atoms with Crippen LogP contribution in [0.15, 0.2) is 52.4 Å². The number of sulfone groups is 1. The number of carbonyl (C=O) groups excluding carboxylic acids is 1. The van der Waals surface area contributed by atoms with E-state index in [0.717, 1.165) is 17.8 Å². The number of halogens is 1. The van der Waals surface area contributed by atoms with Crippen LogP contribution in [0.5, 0.6) is 0 Å². The van der Waals surface area contributed by atoms with Gasteiger partial charge >= 0.3 is 0 Å². The van der Waals surface area contributed by atoms with Crippen LogP contribution in [0.1, 0.15) is 10.4 Å². The van der Waals surface area contributed by atoms with E-state index in [9.17, 15) is 17.6 Å². The quantitative estimate of drug-likeness (QED) is 0.702. The number of aryl methyl sites for hydroxylation is 1. The van der Waals surface area contributed by atoms with Crippen molar-refractivity contribution in [3.05, 3.63) is 58.6 Å². The van der Waals surface area contributed by atoms with Gasteiger partial charge in [0, 0.05) is 18.9 Å². The summed E-state index contributed by atoms with van der Waals surface area (Å²) in [5.74, 6) is -1.06. The first-order chi connectivity index (χ1) is 11.3. The average molecular weight is 364 g/mol. The molecule has 8 heteroatoms. The summed E-state index contributed by atoms with van der Waals surface area (Å²) in [6.45, 7) is 0. The van der Waals surface area contributed by atoms with Gasteiger partial charge in [0.2, 0.25) is 0 Å². The molecular weight excluding hydrogens is 351 g/mol. The second-order valence-corrected chi connectivity index (χ2v) is 8.30. The molecule has 0 atom stereocenters. The molecule has 0 aliphatic carbocycles. The van der Waals surface area contributed by atoms with Crippen LogP contribution in [0.4, 0.5) is 4.39 Å². The Balaban J connectivity index is 2.13. The fraction of sp³-hybridized carbons (Fsp3) is 0.125. The number of nitrogens with zero attached hydrogens (tertiary/aromatic N) is 2. The number of aromatic nitrogens is 1. The molecule has 1 heterocycles. The van der Waals surface area contributed by atoms with Crippen molar-refractivity contribution in [1.82, 2.24) is 4.57 Å². The van der Waals surface area contributed by atoms with Crippen molar-refractivity contribution in [2.24, 2.45) is 12.0 Å². The molecule has 0 saturated carbocycles. The molecule has 0 spiro atoms. The summed E-state index contributed by atoms with van der Waals surface area (Å²) in [4.78, 5) is 16.8. The number of rotatable bonds is 2. The fourth-order valence-electron chi connectivity index (χ4n) is 2.22. The Morgan fingerprint density at radius 3 is 2.62 bits per heavy atom. The summed E-state index contributed by atoms with van der Waals surface area (Å²) in [6.07, 6.45) is 1.14. The van der Waals surface area contributed by atoms with E-state index < -0.39 is 21.6 Å². The average Bonchev–Trinajstić information content (AvgIpc) is 2.82. The van der Waals surface area contributed by atoms with E-state index in [4.69, 9.17) is 0 Å². The van der Waals surface area contributed by atoms with Crippen molar-refractivity contribution in [1.29, 1.82) is 0 Å². The van der Waals surface area contributed by atoms with E-state index in [0.29, 0.717) is 9.50 Å². The third-order valence-corrected chi connectivity index (χ3v) is 5.68. The molecule has 24 heavy (non-hydrogen) atoms. The highest BCUT2D eigenvalue weighted by molar-refractivity contribution is 7.90. The normalized spacial score (nSPS) is 12.7. The van der Waals surface area contributed by atoms with Crippen LogP contribution in [-0.4, -0.2) is 25.1 Å². The van der Waals surface area contributed by atoms with Crippen LogP contribution >= 0.6 is 11.3 Å². The molecule has 0 N–H and O–H groups in total. The van der Waals surface area contributed by atoms with Crippen molar-refractivity contribution in [3.63, 3.8) is 0 Å². The van der Waals surface area contributed by atoms with Crippen molar-refractivity contribution in [3.8, 4) is 0 Å². The molecule has 1 amide bonds. The second-order valence-electron chi connectivity index (χ2n) is 5.27. The topological polar surface area (TPSA) is 68.5 Å². The first-order valence-corrected chi connectivity index (χ1v) is 9.61. The Morgan fingerprint density at radius 2 is 1.96 bits per heavy atom. The Bertz CT molecular complexity index is 1130. The zero-order valence-corrected chi connectivity index (χ0v) is 14.5. The Labute approximate surface area is 141 Å². The van der Waals surface area contributed by atoms with Crippen LogP contribution in [0.2, 0.25) is 0 Å². The highest BCUT2D eigenvalue weighted by Crippen LogP contribution is 2.21. The molecule has 3 rings (SSSR count). The molecule has 0 aliphatic rings. The standard InChI is InChI=1S/C16H13FN2O3S2/c1-19-13-7-6-12(24(2,21)22)9-14(13)23-16(19)18-15(20)10-4-3-5-11(17)8-10/h3-9H,1-2H3. The zero-order chi connectivity index (χ0) is 17.5. The Kier molecular flexibility index (Phi) is 4.10. The van der Waals surface area contributed by atoms with Gasteiger partial charge in [-0.1, -0.05) is 17.4 Å². The van der Waals surface area contributed by atoms with E-state index in [2.05, 4.69) is 4.99 Å². The SMILES string of the molecule is Cn1c(=NC(=O)c2cccc(F)c2)sc2cc(S(C)(=O)=O)ccc21. The number of hydrogen-bond acceptors (Lipinski definition) is 4. The monoisotopic (exact) mass is 364 g/mol. The molecule has 1 aromatic heterocycles. The van der Waals surface area contributed by atoms with Gasteiger partial charge in [0.25, 0.3) is 5.91 Å². The van der Waals surface area contributed by atoms with E-state index in [1.54, 1.807) is 23.7 Å². The maximum Gasteiger partial charge on any atom is 0.279 e. The molecule has 5 nitrogen and oxygen atoms in total. The molecule has 0 aliphatic heterocycles. The molecule has 3 aromatic rings. The van der Waals surface area contributed by atoms with Crippen molar-refractivity contribution in [2.75, 3.05) is 6.26 Å². The fourth-order valence-corrected chi connectivity index (χ4v) is 4.00. The maximum absolute atomic E-state index is 13.2. The van der Waals surface area contributed by atoms with Gasteiger partial charge in [-0.3, -0.25) is 4.79 Å². The van der Waals surface area contributed by atoms with Crippen molar-refractivity contribution in [2.45, 2.75) is 4.90 Å². The van der Waals surface area contributed by atoms with E-state index >= 15 is 0 Å². The van der Waals surface area contributed by atoms with E-state index in [-0.39, 0.29) is 10.5 Å². The molecule has 0 fully saturated rings. The van der Waals surface area contributed by atoms with Crippen LogP contribution in [0.25, 0.3) is 10.2 Å². The van der Waals surface area contributed by atoms with Crippen LogP contribution in [0.3, 0.4) is 0 Å². The smallest absolute Gasteiger partial charge is 0.279 e. The predicted molar refractivity (Wildman–Crippen MR) is 90.2 cm³/mol. The summed E-state index contributed by atoms with van der Waals surface area (Å²) >= 11 is 1.20. The summed E-state index contributed by atoms with van der Waals surface area (Å²) in [5.41, 5.74) is 0.919. The predicted octanol–water partition coefficient (Wildman–Crippen LogP) is 2.52. The van der Waals surface area contributed by atoms with E-state index in [1.165, 1.54) is 35.6 Å². The van der Waals surface area contributed by atoms with Gasteiger partial charge in [-0.15, -0.1) is 0 Å². The third-order valence-electron chi connectivity index (χ3n) is 3.48. The lowest BCUT2D eigenvalue weighted by molar-refractivity contribution is 0.0997. The highest BCUT2D eigenvalue weighted by Gasteiger charge is 2.12. The van der Waals surface area contributed by atoms with Gasteiger partial charge in [0.05, 0.1) is 15.1 Å². The first-order valence-electron chi connectivity index (χ1n) is 6.90. The molecular formula is C16H13FN2O3S2. The van der Waals surface area contributed by atoms with Crippen LogP contribution in [0, 0.1) is 5.82 Å². The number of hydrogen-bond donors (Lipinski definition) is 0. The van der Waals surface area contributed by atoms with Crippen LogP contribution in [-0.2, 0) is 16.9 Å². The molecule has 0 radical (unpaired) electrons. The van der Waals surface area contributed by atoms with E-state index in [1.807, 2.05) is 0 Å². The summed E-state index contributed by atoms with van der Waals surface area (Å²) < 4.78 is 38.9. The van der Waals surface area contributed by atoms with Gasteiger partial charge in [0.1, 0.15) is 5.82 Å². The number of thiazole rings is 1. The Morgan fingerprint density at radius 1 is 1.21 bits per heavy atom. The van der Waals surface area contributed by atoms with Gasteiger partial charge in [-0.25, -0.2) is 12.8 Å². The van der Waals surface area contributed by atoms with Gasteiger partial charge in [0.15, 0.2) is 14.6 Å². The van der Waals surface area contributed by atoms with Gasteiger partial charge in [-0.2, -0.15) is 4.99 Å². The molecule has 2 aromatic carbocycles. The minimum Gasteiger partial charge on any atom is -0.319 e. The largest absolute Gasteiger partial charge is 0.319 e. The van der Waals surface area contributed by atoms with Gasteiger partial charge in [-0.05, 0) is 36.4 Å². The number of carbonyl (C=O) groups is 1. The minimum absolute atomic E-state index is 0.157. The highest BCUT2D eigenvalue weighted by atomic mass is 32.2. The third kappa shape index (κ3) is 3.15. The van der Waals surface area contributed by atoms with Crippen molar-refractivity contribution < 1.29 is 17.6 Å². The number of fused-ring (bicyclic) bond motifs is 1. The minimum atomic E-state index is -3.31. The van der Waals surface area contributed by atoms with Crippen molar-refractivity contribution >= 4 is 37.3 Å². The van der Waals surface area contributed by atoms with Crippen LogP contribution < -0.4 is 4.80 Å². The summed E-state index contributed by atoms with van der Waals surface area (Å²) in [7, 11) is -1.58. The number of amides is 1. The maximum atomic E-state index is 13.2. The molecule has 0 saturated heterocycles. The second kappa shape index (κ2) is 5.95. The van der Waals surface area contributed by atoms with Gasteiger partial charge < -0.3 is 4.57 Å². The molecule has 0 bridgehead atoms. The Hall–Kier alpha value is -2.32. The number of benzene rings is 2. The lowest BCUT2D eigenvalue weighted by atomic mass is 10.2. The first kappa shape index (κ1) is 16.5. The summed E-state index contributed by atoms with van der Waals surface area (Å²) in [6, 6.07) is 10.1. The lowest BCUT2D eigenvalue weighted by Crippen LogP contribution is -2.13.